The summed E-state index contributed by atoms with van der Waals surface area (Å²) in [4.78, 5) is 4.26. The maximum Gasteiger partial charge on any atom is 0.126 e. The lowest BCUT2D eigenvalue weighted by Crippen LogP contribution is -2.30. The highest BCUT2D eigenvalue weighted by Crippen LogP contribution is 2.19. The van der Waals surface area contributed by atoms with Gasteiger partial charge in [-0.1, -0.05) is 18.2 Å². The van der Waals surface area contributed by atoms with Gasteiger partial charge in [-0.05, 0) is 46.1 Å². The van der Waals surface area contributed by atoms with Crippen LogP contribution in [0.3, 0.4) is 0 Å². The Morgan fingerprint density at radius 2 is 2.06 bits per heavy atom. The Morgan fingerprint density at radius 3 is 2.67 bits per heavy atom. The number of aromatic nitrogens is 1. The Kier molecular flexibility index (Phi) is 4.41. The van der Waals surface area contributed by atoms with Crippen LogP contribution in [0, 0.1) is 5.82 Å². The van der Waals surface area contributed by atoms with Crippen LogP contribution in [0.25, 0.3) is 0 Å². The number of nitrogens with one attached hydrogen (secondary N) is 1. The summed E-state index contributed by atoms with van der Waals surface area (Å²) in [6.45, 7) is 0. The minimum absolute atomic E-state index is 0.213. The maximum atomic E-state index is 13.6. The third-order valence-electron chi connectivity index (χ3n) is 2.69. The fourth-order valence-corrected chi connectivity index (χ4v) is 1.96. The summed E-state index contributed by atoms with van der Waals surface area (Å²) >= 11 is 3.32. The van der Waals surface area contributed by atoms with E-state index in [-0.39, 0.29) is 11.9 Å². The molecule has 1 unspecified atom stereocenters. The van der Waals surface area contributed by atoms with E-state index in [4.69, 9.17) is 5.84 Å². The van der Waals surface area contributed by atoms with Crippen molar-refractivity contribution in [3.05, 3.63) is 64.1 Å². The Balaban J connectivity index is 2.20. The third kappa shape index (κ3) is 3.13. The van der Waals surface area contributed by atoms with Gasteiger partial charge in [-0.25, -0.2) is 4.39 Å². The first-order chi connectivity index (χ1) is 8.70. The number of nitrogens with two attached hydrogens (primary N) is 1. The van der Waals surface area contributed by atoms with Crippen LogP contribution in [0.2, 0.25) is 0 Å². The molecular weight excluding hydrogens is 297 g/mol. The van der Waals surface area contributed by atoms with Gasteiger partial charge in [0.15, 0.2) is 0 Å². The topological polar surface area (TPSA) is 50.9 Å². The molecule has 1 heterocycles. The van der Waals surface area contributed by atoms with Crippen LogP contribution >= 0.6 is 15.9 Å². The van der Waals surface area contributed by atoms with Gasteiger partial charge in [-0.15, -0.1) is 0 Å². The number of hydrazine groups is 1. The van der Waals surface area contributed by atoms with Gasteiger partial charge in [0.05, 0.1) is 11.7 Å². The van der Waals surface area contributed by atoms with Gasteiger partial charge in [0.1, 0.15) is 5.82 Å². The van der Waals surface area contributed by atoms with Crippen LogP contribution in [0.4, 0.5) is 4.39 Å². The van der Waals surface area contributed by atoms with E-state index in [1.165, 1.54) is 6.07 Å². The van der Waals surface area contributed by atoms with Gasteiger partial charge in [0.2, 0.25) is 0 Å². The zero-order valence-corrected chi connectivity index (χ0v) is 11.2. The van der Waals surface area contributed by atoms with Crippen LogP contribution in [-0.4, -0.2) is 4.98 Å². The highest BCUT2D eigenvalue weighted by molar-refractivity contribution is 9.10. The number of nitrogens with zero attached hydrogens (tertiary/aromatic N) is 1. The van der Waals surface area contributed by atoms with Crippen molar-refractivity contribution in [3.8, 4) is 0 Å². The Labute approximate surface area is 113 Å². The summed E-state index contributed by atoms with van der Waals surface area (Å²) in [5, 5.41) is 0. The first-order valence-corrected chi connectivity index (χ1v) is 6.31. The monoisotopic (exact) mass is 309 g/mol. The Bertz CT molecular complexity index is 516. The predicted octanol–water partition coefficient (Wildman–Crippen LogP) is 2.73. The van der Waals surface area contributed by atoms with Gasteiger partial charge in [-0.3, -0.25) is 16.3 Å². The summed E-state index contributed by atoms with van der Waals surface area (Å²) in [7, 11) is 0. The van der Waals surface area contributed by atoms with Crippen molar-refractivity contribution >= 4 is 15.9 Å². The van der Waals surface area contributed by atoms with Crippen molar-refractivity contribution in [1.29, 1.82) is 0 Å². The minimum Gasteiger partial charge on any atom is -0.271 e. The minimum atomic E-state index is -0.227. The van der Waals surface area contributed by atoms with E-state index in [9.17, 15) is 4.39 Å². The van der Waals surface area contributed by atoms with E-state index in [2.05, 4.69) is 26.3 Å². The first kappa shape index (κ1) is 13.1. The molecule has 0 saturated heterocycles. The van der Waals surface area contributed by atoms with Gasteiger partial charge < -0.3 is 0 Å². The van der Waals surface area contributed by atoms with E-state index in [0.717, 1.165) is 10.2 Å². The molecule has 0 fully saturated rings. The second-order valence-corrected chi connectivity index (χ2v) is 4.83. The van der Waals surface area contributed by atoms with Crippen molar-refractivity contribution in [1.82, 2.24) is 10.4 Å². The SMILES string of the molecule is NNC(Cc1ccccc1F)c1ccc(Br)cn1. The predicted molar refractivity (Wildman–Crippen MR) is 72.1 cm³/mol. The molecule has 0 saturated carbocycles. The molecule has 2 rings (SSSR count). The fraction of sp³-hybridized carbons (Fsp3) is 0.154. The van der Waals surface area contributed by atoms with Crippen molar-refractivity contribution in [2.45, 2.75) is 12.5 Å². The Hall–Kier alpha value is -1.30. The molecule has 0 aliphatic carbocycles. The molecule has 0 aliphatic rings. The van der Waals surface area contributed by atoms with Crippen LogP contribution in [0.5, 0.6) is 0 Å². The smallest absolute Gasteiger partial charge is 0.126 e. The fourth-order valence-electron chi connectivity index (χ4n) is 1.73. The standard InChI is InChI=1S/C13H13BrFN3/c14-10-5-6-12(17-8-10)13(18-16)7-9-3-1-2-4-11(9)15/h1-6,8,13,18H,7,16H2. The Morgan fingerprint density at radius 1 is 1.28 bits per heavy atom. The lowest BCUT2D eigenvalue weighted by molar-refractivity contribution is 0.519. The molecule has 1 aromatic heterocycles. The summed E-state index contributed by atoms with van der Waals surface area (Å²) in [5.74, 6) is 5.29. The number of halogens is 2. The van der Waals surface area contributed by atoms with E-state index >= 15 is 0 Å². The second kappa shape index (κ2) is 6.04. The van der Waals surface area contributed by atoms with Gasteiger partial charge >= 0.3 is 0 Å². The summed E-state index contributed by atoms with van der Waals surface area (Å²) in [5.41, 5.74) is 4.07. The van der Waals surface area contributed by atoms with Crippen molar-refractivity contribution < 1.29 is 4.39 Å². The molecule has 0 bridgehead atoms. The van der Waals surface area contributed by atoms with E-state index in [0.29, 0.717) is 12.0 Å². The molecule has 1 atom stereocenters. The lowest BCUT2D eigenvalue weighted by atomic mass is 10.0. The molecule has 1 aromatic carbocycles. The van der Waals surface area contributed by atoms with Gasteiger partial charge in [0, 0.05) is 10.7 Å². The molecule has 3 nitrogen and oxygen atoms in total. The molecule has 94 valence electrons. The molecule has 0 amide bonds. The zero-order chi connectivity index (χ0) is 13.0. The molecule has 3 N–H and O–H groups in total. The summed E-state index contributed by atoms with van der Waals surface area (Å²) in [6, 6.07) is 10.2. The second-order valence-electron chi connectivity index (χ2n) is 3.92. The highest BCUT2D eigenvalue weighted by atomic mass is 79.9. The van der Waals surface area contributed by atoms with Crippen molar-refractivity contribution in [3.63, 3.8) is 0 Å². The average Bonchev–Trinajstić information content (AvgIpc) is 2.39. The zero-order valence-electron chi connectivity index (χ0n) is 9.61. The van der Waals surface area contributed by atoms with E-state index in [1.807, 2.05) is 12.1 Å². The number of rotatable bonds is 4. The summed E-state index contributed by atoms with van der Waals surface area (Å²) < 4.78 is 14.5. The maximum absolute atomic E-state index is 13.6. The molecule has 0 aliphatic heterocycles. The molecule has 0 spiro atoms. The quantitative estimate of drug-likeness (QED) is 0.674. The third-order valence-corrected chi connectivity index (χ3v) is 3.16. The van der Waals surface area contributed by atoms with E-state index < -0.39 is 0 Å². The van der Waals surface area contributed by atoms with Crippen molar-refractivity contribution in [2.75, 3.05) is 0 Å². The summed E-state index contributed by atoms with van der Waals surface area (Å²) in [6.07, 6.45) is 2.15. The number of benzene rings is 1. The number of hydrogen-bond acceptors (Lipinski definition) is 3. The molecule has 18 heavy (non-hydrogen) atoms. The van der Waals surface area contributed by atoms with Crippen LogP contribution in [0.15, 0.2) is 47.1 Å². The molecule has 2 aromatic rings. The molecular formula is C13H13BrFN3. The van der Waals surface area contributed by atoms with Gasteiger partial charge in [-0.2, -0.15) is 0 Å². The van der Waals surface area contributed by atoms with Gasteiger partial charge in [0.25, 0.3) is 0 Å². The van der Waals surface area contributed by atoms with Crippen LogP contribution < -0.4 is 11.3 Å². The van der Waals surface area contributed by atoms with Crippen LogP contribution in [-0.2, 0) is 6.42 Å². The largest absolute Gasteiger partial charge is 0.271 e. The molecule has 5 heteroatoms. The molecule has 0 radical (unpaired) electrons. The van der Waals surface area contributed by atoms with E-state index in [1.54, 1.807) is 24.4 Å². The number of hydrogen-bond donors (Lipinski definition) is 2. The number of pyridine rings is 1. The highest BCUT2D eigenvalue weighted by Gasteiger charge is 2.13. The normalized spacial score (nSPS) is 12.4. The lowest BCUT2D eigenvalue weighted by Gasteiger charge is -2.15. The first-order valence-electron chi connectivity index (χ1n) is 5.51. The van der Waals surface area contributed by atoms with Crippen molar-refractivity contribution in [2.24, 2.45) is 5.84 Å². The van der Waals surface area contributed by atoms with Crippen LogP contribution in [0.1, 0.15) is 17.3 Å². The average molecular weight is 310 g/mol.